The standard InChI is InChI=1S/C21H31N5O.HI/c1-5-18-17(20(6-2)27-25-18)14-24-21(22-4)23-13-15(3)26-12-11-16-9-7-8-10-19(16)26;/h7-10,15H,5-6,11-14H2,1-4H3,(H2,22,23,24);1H. The van der Waals surface area contributed by atoms with Crippen molar-refractivity contribution >= 4 is 35.6 Å². The van der Waals surface area contributed by atoms with E-state index in [1.165, 1.54) is 11.3 Å². The van der Waals surface area contributed by atoms with Gasteiger partial charge < -0.3 is 20.1 Å². The van der Waals surface area contributed by atoms with Crippen LogP contribution in [0.15, 0.2) is 33.8 Å². The minimum absolute atomic E-state index is 0. The Balaban J connectivity index is 0.00000280. The van der Waals surface area contributed by atoms with E-state index >= 15 is 0 Å². The van der Waals surface area contributed by atoms with E-state index < -0.39 is 0 Å². The fourth-order valence-electron chi connectivity index (χ4n) is 3.71. The number of anilines is 1. The van der Waals surface area contributed by atoms with Gasteiger partial charge in [0, 0.05) is 50.4 Å². The Bertz CT molecular complexity index is 767. The van der Waals surface area contributed by atoms with Crippen molar-refractivity contribution in [3.63, 3.8) is 0 Å². The predicted molar refractivity (Wildman–Crippen MR) is 126 cm³/mol. The van der Waals surface area contributed by atoms with Crippen LogP contribution in [0.3, 0.4) is 0 Å². The molecule has 0 amide bonds. The summed E-state index contributed by atoms with van der Waals surface area (Å²) < 4.78 is 5.44. The van der Waals surface area contributed by atoms with Gasteiger partial charge in [0.1, 0.15) is 5.76 Å². The fourth-order valence-corrected chi connectivity index (χ4v) is 3.71. The quantitative estimate of drug-likeness (QED) is 0.348. The zero-order valence-electron chi connectivity index (χ0n) is 17.3. The van der Waals surface area contributed by atoms with Crippen molar-refractivity contribution in [3.05, 3.63) is 46.8 Å². The number of aromatic nitrogens is 1. The van der Waals surface area contributed by atoms with Crippen LogP contribution in [-0.4, -0.2) is 37.3 Å². The van der Waals surface area contributed by atoms with E-state index in [1.807, 2.05) is 0 Å². The largest absolute Gasteiger partial charge is 0.366 e. The Morgan fingerprint density at radius 2 is 2.04 bits per heavy atom. The summed E-state index contributed by atoms with van der Waals surface area (Å²) in [7, 11) is 1.81. The molecule has 1 atom stereocenters. The first-order valence-electron chi connectivity index (χ1n) is 9.93. The number of aryl methyl sites for hydroxylation is 2. The summed E-state index contributed by atoms with van der Waals surface area (Å²) in [6.45, 7) is 9.03. The molecule has 154 valence electrons. The lowest BCUT2D eigenvalue weighted by Gasteiger charge is -2.28. The van der Waals surface area contributed by atoms with Gasteiger partial charge in [-0.3, -0.25) is 4.99 Å². The van der Waals surface area contributed by atoms with Crippen LogP contribution in [0.5, 0.6) is 0 Å². The average molecular weight is 497 g/mol. The van der Waals surface area contributed by atoms with Crippen molar-refractivity contribution in [2.45, 2.75) is 52.6 Å². The zero-order valence-corrected chi connectivity index (χ0v) is 19.6. The predicted octanol–water partition coefficient (Wildman–Crippen LogP) is 3.53. The molecule has 0 spiro atoms. The first kappa shape index (κ1) is 22.5. The van der Waals surface area contributed by atoms with Crippen molar-refractivity contribution in [3.8, 4) is 0 Å². The van der Waals surface area contributed by atoms with Crippen LogP contribution < -0.4 is 15.5 Å². The second-order valence-corrected chi connectivity index (χ2v) is 6.97. The van der Waals surface area contributed by atoms with E-state index in [0.29, 0.717) is 12.6 Å². The maximum Gasteiger partial charge on any atom is 0.191 e. The molecule has 0 radical (unpaired) electrons. The molecule has 1 unspecified atom stereocenters. The van der Waals surface area contributed by atoms with E-state index in [0.717, 1.165) is 55.3 Å². The van der Waals surface area contributed by atoms with Crippen LogP contribution in [0.25, 0.3) is 0 Å². The monoisotopic (exact) mass is 497 g/mol. The summed E-state index contributed by atoms with van der Waals surface area (Å²) in [6, 6.07) is 9.08. The molecule has 0 bridgehead atoms. The molecule has 0 saturated heterocycles. The molecule has 7 heteroatoms. The third-order valence-electron chi connectivity index (χ3n) is 5.28. The summed E-state index contributed by atoms with van der Waals surface area (Å²) >= 11 is 0. The number of nitrogens with one attached hydrogen (secondary N) is 2. The Kier molecular flexibility index (Phi) is 8.59. The summed E-state index contributed by atoms with van der Waals surface area (Å²) in [5.41, 5.74) is 4.99. The summed E-state index contributed by atoms with van der Waals surface area (Å²) in [6.07, 6.45) is 2.85. The Morgan fingerprint density at radius 1 is 1.25 bits per heavy atom. The summed E-state index contributed by atoms with van der Waals surface area (Å²) in [4.78, 5) is 6.84. The number of hydrogen-bond acceptors (Lipinski definition) is 4. The Hall–Kier alpha value is -1.77. The zero-order chi connectivity index (χ0) is 19.2. The molecule has 1 aromatic heterocycles. The number of hydrogen-bond donors (Lipinski definition) is 2. The van der Waals surface area contributed by atoms with Gasteiger partial charge in [0.05, 0.1) is 5.69 Å². The molecule has 6 nitrogen and oxygen atoms in total. The molecule has 0 saturated carbocycles. The van der Waals surface area contributed by atoms with Crippen molar-refractivity contribution in [2.75, 3.05) is 25.0 Å². The van der Waals surface area contributed by atoms with Gasteiger partial charge in [-0.15, -0.1) is 24.0 Å². The molecular weight excluding hydrogens is 465 g/mol. The smallest absolute Gasteiger partial charge is 0.191 e. The van der Waals surface area contributed by atoms with Crippen LogP contribution in [0, 0.1) is 0 Å². The van der Waals surface area contributed by atoms with Crippen molar-refractivity contribution in [1.29, 1.82) is 0 Å². The van der Waals surface area contributed by atoms with Crippen LogP contribution >= 0.6 is 24.0 Å². The number of nitrogens with zero attached hydrogens (tertiary/aromatic N) is 3. The number of guanidine groups is 1. The van der Waals surface area contributed by atoms with E-state index in [-0.39, 0.29) is 24.0 Å². The van der Waals surface area contributed by atoms with Crippen LogP contribution in [0.4, 0.5) is 5.69 Å². The lowest BCUT2D eigenvalue weighted by Crippen LogP contribution is -2.45. The molecule has 0 aliphatic carbocycles. The van der Waals surface area contributed by atoms with Gasteiger partial charge in [0.15, 0.2) is 5.96 Å². The number of benzene rings is 1. The average Bonchev–Trinajstić information content (AvgIpc) is 3.31. The van der Waals surface area contributed by atoms with E-state index in [4.69, 9.17) is 4.52 Å². The van der Waals surface area contributed by atoms with Gasteiger partial charge in [0.25, 0.3) is 0 Å². The number of halogens is 1. The van der Waals surface area contributed by atoms with E-state index in [1.54, 1.807) is 7.05 Å². The first-order valence-corrected chi connectivity index (χ1v) is 9.93. The molecule has 1 aliphatic rings. The second kappa shape index (κ2) is 10.7. The third kappa shape index (κ3) is 4.98. The van der Waals surface area contributed by atoms with E-state index in [2.05, 4.69) is 70.7 Å². The maximum absolute atomic E-state index is 5.44. The topological polar surface area (TPSA) is 65.7 Å². The molecular formula is C21H32IN5O. The van der Waals surface area contributed by atoms with Crippen molar-refractivity contribution in [2.24, 2.45) is 4.99 Å². The lowest BCUT2D eigenvalue weighted by molar-refractivity contribution is 0.380. The van der Waals surface area contributed by atoms with Crippen LogP contribution in [-0.2, 0) is 25.8 Å². The number of para-hydroxylation sites is 1. The minimum atomic E-state index is 0. The first-order chi connectivity index (χ1) is 13.2. The van der Waals surface area contributed by atoms with Crippen LogP contribution in [0.1, 0.15) is 43.4 Å². The summed E-state index contributed by atoms with van der Waals surface area (Å²) in [5, 5.41) is 11.0. The highest BCUT2D eigenvalue weighted by atomic mass is 127. The Labute approximate surface area is 185 Å². The minimum Gasteiger partial charge on any atom is -0.366 e. The number of rotatable bonds is 7. The highest BCUT2D eigenvalue weighted by Crippen LogP contribution is 2.28. The lowest BCUT2D eigenvalue weighted by atomic mass is 10.1. The molecule has 2 heterocycles. The highest BCUT2D eigenvalue weighted by molar-refractivity contribution is 14.0. The molecule has 1 aromatic carbocycles. The fraction of sp³-hybridized carbons (Fsp3) is 0.524. The molecule has 3 rings (SSSR count). The molecule has 0 fully saturated rings. The second-order valence-electron chi connectivity index (χ2n) is 6.97. The third-order valence-corrected chi connectivity index (χ3v) is 5.28. The Morgan fingerprint density at radius 3 is 2.75 bits per heavy atom. The van der Waals surface area contributed by atoms with Gasteiger partial charge in [-0.25, -0.2) is 0 Å². The molecule has 28 heavy (non-hydrogen) atoms. The maximum atomic E-state index is 5.44. The van der Waals surface area contributed by atoms with Crippen molar-refractivity contribution < 1.29 is 4.52 Å². The number of aliphatic imine (C=N–C) groups is 1. The highest BCUT2D eigenvalue weighted by Gasteiger charge is 2.23. The molecule has 2 N–H and O–H groups in total. The van der Waals surface area contributed by atoms with Gasteiger partial charge in [-0.1, -0.05) is 37.2 Å². The van der Waals surface area contributed by atoms with Crippen LogP contribution in [0.2, 0.25) is 0 Å². The van der Waals surface area contributed by atoms with Crippen molar-refractivity contribution in [1.82, 2.24) is 15.8 Å². The normalized spacial score (nSPS) is 14.4. The molecule has 1 aliphatic heterocycles. The van der Waals surface area contributed by atoms with Gasteiger partial charge in [0.2, 0.25) is 0 Å². The SMILES string of the molecule is CCc1noc(CC)c1CNC(=NC)NCC(C)N1CCc2ccccc21.I. The number of fused-ring (bicyclic) bond motifs is 1. The van der Waals surface area contributed by atoms with Gasteiger partial charge in [-0.2, -0.15) is 0 Å². The van der Waals surface area contributed by atoms with E-state index in [9.17, 15) is 0 Å². The van der Waals surface area contributed by atoms with Gasteiger partial charge in [-0.05, 0) is 31.4 Å². The summed E-state index contributed by atoms with van der Waals surface area (Å²) in [5.74, 6) is 1.76. The van der Waals surface area contributed by atoms with Gasteiger partial charge >= 0.3 is 0 Å². The molecule has 2 aromatic rings.